The van der Waals surface area contributed by atoms with Gasteiger partial charge in [-0.2, -0.15) is 0 Å². The molecule has 1 fully saturated rings. The number of ether oxygens (including phenoxy) is 2. The van der Waals surface area contributed by atoms with Gasteiger partial charge >= 0.3 is 0 Å². The lowest BCUT2D eigenvalue weighted by Gasteiger charge is -2.44. The van der Waals surface area contributed by atoms with Crippen LogP contribution in [0.1, 0.15) is 36.1 Å². The fraction of sp³-hybridized carbons (Fsp3) is 0.212. The molecule has 2 radical (unpaired) electrons. The van der Waals surface area contributed by atoms with Gasteiger partial charge in [0.2, 0.25) is 0 Å². The van der Waals surface area contributed by atoms with Crippen molar-refractivity contribution in [3.63, 3.8) is 0 Å². The SMILES string of the molecule is [CH2]C(c1ccccc1)(c1ccccc1)C1OC(C)(C)OC1C([CH2])(c1ccccc1)c1ccccc1. The monoisotopic (exact) mass is 460 g/mol. The summed E-state index contributed by atoms with van der Waals surface area (Å²) in [5.74, 6) is -0.811. The molecule has 35 heavy (non-hydrogen) atoms. The van der Waals surface area contributed by atoms with E-state index in [1.807, 2.05) is 38.1 Å². The quantitative estimate of drug-likeness (QED) is 0.304. The van der Waals surface area contributed by atoms with E-state index in [9.17, 15) is 0 Å². The van der Waals surface area contributed by atoms with Crippen LogP contribution in [0, 0.1) is 13.8 Å². The van der Waals surface area contributed by atoms with Crippen molar-refractivity contribution >= 4 is 0 Å². The van der Waals surface area contributed by atoms with Crippen molar-refractivity contribution in [3.05, 3.63) is 157 Å². The molecule has 2 atom stereocenters. The Morgan fingerprint density at radius 2 is 0.714 bits per heavy atom. The van der Waals surface area contributed by atoms with Crippen molar-refractivity contribution in [2.24, 2.45) is 0 Å². The maximum Gasteiger partial charge on any atom is 0.163 e. The summed E-state index contributed by atoms with van der Waals surface area (Å²) in [5, 5.41) is 0. The van der Waals surface area contributed by atoms with E-state index in [1.54, 1.807) is 0 Å². The zero-order valence-corrected chi connectivity index (χ0v) is 20.4. The predicted octanol–water partition coefficient (Wildman–Crippen LogP) is 7.15. The molecule has 1 heterocycles. The molecule has 4 aromatic rings. The van der Waals surface area contributed by atoms with Crippen molar-refractivity contribution in [1.29, 1.82) is 0 Å². The first-order chi connectivity index (χ1) is 16.9. The summed E-state index contributed by atoms with van der Waals surface area (Å²) < 4.78 is 13.6. The largest absolute Gasteiger partial charge is 0.343 e. The standard InChI is InChI=1S/C33H32O2/c1-31(2)34-29(32(3,25-17-9-5-10-18-25)26-19-11-6-12-20-26)30(35-31)33(4,27-21-13-7-14-22-27)28-23-15-8-16-24-28/h5-24,29-30H,3-4H2,1-2H3. The van der Waals surface area contributed by atoms with Crippen LogP contribution < -0.4 is 0 Å². The average molecular weight is 461 g/mol. The number of benzene rings is 4. The molecule has 0 N–H and O–H groups in total. The molecule has 0 bridgehead atoms. The molecule has 0 saturated carbocycles. The number of hydrogen-bond donors (Lipinski definition) is 0. The topological polar surface area (TPSA) is 18.5 Å². The second-order valence-corrected chi connectivity index (χ2v) is 9.88. The zero-order chi connectivity index (χ0) is 24.5. The molecule has 1 aliphatic rings. The van der Waals surface area contributed by atoms with Crippen LogP contribution in [0.4, 0.5) is 0 Å². The van der Waals surface area contributed by atoms with Crippen LogP contribution in [-0.2, 0) is 20.3 Å². The van der Waals surface area contributed by atoms with E-state index in [0.717, 1.165) is 22.3 Å². The molecule has 5 rings (SSSR count). The fourth-order valence-corrected chi connectivity index (χ4v) is 5.41. The average Bonchev–Trinajstić information content (AvgIpc) is 3.26. The van der Waals surface area contributed by atoms with Gasteiger partial charge in [-0.15, -0.1) is 0 Å². The van der Waals surface area contributed by atoms with Gasteiger partial charge < -0.3 is 9.47 Å². The summed E-state index contributed by atoms with van der Waals surface area (Å²) in [4.78, 5) is 0. The van der Waals surface area contributed by atoms with E-state index in [0.29, 0.717) is 0 Å². The summed E-state index contributed by atoms with van der Waals surface area (Å²) in [6.07, 6.45) is -0.833. The van der Waals surface area contributed by atoms with Gasteiger partial charge in [0.05, 0.1) is 0 Å². The molecule has 2 unspecified atom stereocenters. The van der Waals surface area contributed by atoms with Crippen LogP contribution in [0.25, 0.3) is 0 Å². The fourth-order valence-electron chi connectivity index (χ4n) is 5.41. The molecule has 0 spiro atoms. The summed E-state index contributed by atoms with van der Waals surface area (Å²) in [6, 6.07) is 41.6. The highest BCUT2D eigenvalue weighted by Gasteiger charge is 2.58. The summed E-state index contributed by atoms with van der Waals surface area (Å²) in [7, 11) is 0. The van der Waals surface area contributed by atoms with Crippen LogP contribution in [0.15, 0.2) is 121 Å². The summed E-state index contributed by atoms with van der Waals surface area (Å²) >= 11 is 0. The minimum Gasteiger partial charge on any atom is -0.343 e. The third kappa shape index (κ3) is 4.11. The Hall–Kier alpha value is -3.20. The van der Waals surface area contributed by atoms with E-state index in [2.05, 4.69) is 97.1 Å². The number of hydrogen-bond acceptors (Lipinski definition) is 2. The lowest BCUT2D eigenvalue weighted by molar-refractivity contribution is -0.152. The Kier molecular flexibility index (Phi) is 6.13. The minimum absolute atomic E-state index is 0.416. The molecule has 2 nitrogen and oxygen atoms in total. The lowest BCUT2D eigenvalue weighted by atomic mass is 9.62. The molecule has 4 aromatic carbocycles. The van der Waals surface area contributed by atoms with E-state index < -0.39 is 28.8 Å². The van der Waals surface area contributed by atoms with Crippen LogP contribution in [0.3, 0.4) is 0 Å². The molecule has 176 valence electrons. The molecule has 2 heteroatoms. The highest BCUT2D eigenvalue weighted by atomic mass is 16.8. The first-order valence-corrected chi connectivity index (χ1v) is 12.1. The highest BCUT2D eigenvalue weighted by Crippen LogP contribution is 2.51. The van der Waals surface area contributed by atoms with Gasteiger partial charge in [0.1, 0.15) is 12.2 Å². The van der Waals surface area contributed by atoms with Gasteiger partial charge in [-0.05, 0) is 49.9 Å². The second-order valence-electron chi connectivity index (χ2n) is 9.88. The molecule has 0 amide bonds. The molecule has 1 saturated heterocycles. The maximum absolute atomic E-state index is 6.80. The smallest absolute Gasteiger partial charge is 0.163 e. The van der Waals surface area contributed by atoms with Gasteiger partial charge in [-0.3, -0.25) is 0 Å². The summed E-state index contributed by atoms with van der Waals surface area (Å²) in [5.41, 5.74) is 2.84. The molecular weight excluding hydrogens is 428 g/mol. The van der Waals surface area contributed by atoms with E-state index >= 15 is 0 Å². The van der Waals surface area contributed by atoms with Crippen LogP contribution in [0.5, 0.6) is 0 Å². The Labute approximate surface area is 209 Å². The number of rotatable bonds is 6. The van der Waals surface area contributed by atoms with Crippen molar-refractivity contribution in [3.8, 4) is 0 Å². The Bertz CT molecular complexity index is 1060. The summed E-state index contributed by atoms with van der Waals surface area (Å²) in [6.45, 7) is 13.7. The normalized spacial score (nSPS) is 20.0. The van der Waals surface area contributed by atoms with Crippen LogP contribution in [0.2, 0.25) is 0 Å². The molecular formula is C33H32O2. The first-order valence-electron chi connectivity index (χ1n) is 12.1. The van der Waals surface area contributed by atoms with E-state index in [4.69, 9.17) is 23.3 Å². The Morgan fingerprint density at radius 1 is 0.486 bits per heavy atom. The van der Waals surface area contributed by atoms with Crippen molar-refractivity contribution in [2.75, 3.05) is 0 Å². The van der Waals surface area contributed by atoms with Crippen LogP contribution in [-0.4, -0.2) is 18.0 Å². The van der Waals surface area contributed by atoms with Gasteiger partial charge in [0.15, 0.2) is 5.79 Å². The van der Waals surface area contributed by atoms with E-state index in [1.165, 1.54) is 0 Å². The van der Waals surface area contributed by atoms with Gasteiger partial charge in [-0.1, -0.05) is 121 Å². The zero-order valence-electron chi connectivity index (χ0n) is 20.4. The van der Waals surface area contributed by atoms with Crippen molar-refractivity contribution < 1.29 is 9.47 Å². The Morgan fingerprint density at radius 3 is 0.943 bits per heavy atom. The third-order valence-corrected chi connectivity index (χ3v) is 7.22. The maximum atomic E-state index is 6.80. The highest BCUT2D eigenvalue weighted by molar-refractivity contribution is 5.48. The van der Waals surface area contributed by atoms with Crippen molar-refractivity contribution in [2.45, 2.75) is 42.7 Å². The van der Waals surface area contributed by atoms with Gasteiger partial charge in [-0.25, -0.2) is 0 Å². The second kappa shape index (κ2) is 9.11. The van der Waals surface area contributed by atoms with Crippen molar-refractivity contribution in [1.82, 2.24) is 0 Å². The molecule has 1 aliphatic heterocycles. The third-order valence-electron chi connectivity index (χ3n) is 7.22. The Balaban J connectivity index is 1.76. The van der Waals surface area contributed by atoms with E-state index in [-0.39, 0.29) is 0 Å². The van der Waals surface area contributed by atoms with Crippen LogP contribution >= 0.6 is 0 Å². The molecule has 0 aromatic heterocycles. The predicted molar refractivity (Wildman–Crippen MR) is 142 cm³/mol. The van der Waals surface area contributed by atoms with Gasteiger partial charge in [0.25, 0.3) is 0 Å². The lowest BCUT2D eigenvalue weighted by Crippen LogP contribution is -2.52. The first kappa shape index (κ1) is 23.5. The minimum atomic E-state index is -0.811. The van der Waals surface area contributed by atoms with Gasteiger partial charge in [0, 0.05) is 10.8 Å². The molecule has 0 aliphatic carbocycles.